The predicted octanol–water partition coefficient (Wildman–Crippen LogP) is 3.18. The van der Waals surface area contributed by atoms with Crippen LogP contribution in [0.15, 0.2) is 0 Å². The van der Waals surface area contributed by atoms with Gasteiger partial charge in [-0.2, -0.15) is 0 Å². The van der Waals surface area contributed by atoms with E-state index in [1.54, 1.807) is 0 Å². The van der Waals surface area contributed by atoms with Gasteiger partial charge in [0.2, 0.25) is 5.92 Å². The Morgan fingerprint density at radius 3 is 2.43 bits per heavy atom. The molecule has 1 unspecified atom stereocenters. The molecule has 0 heterocycles. The van der Waals surface area contributed by atoms with E-state index in [1.807, 2.05) is 0 Å². The van der Waals surface area contributed by atoms with Crippen LogP contribution in [0, 0.1) is 11.8 Å². The Morgan fingerprint density at radius 2 is 2.00 bits per heavy atom. The number of Topliss-reactive ketones (excluding diaryl/α,β-unsaturated/α-hetero) is 1. The Kier molecular flexibility index (Phi) is 2.58. The summed E-state index contributed by atoms with van der Waals surface area (Å²) in [5.74, 6) is -2.09. The summed E-state index contributed by atoms with van der Waals surface area (Å²) < 4.78 is 25.7. The van der Waals surface area contributed by atoms with Crippen LogP contribution >= 0.6 is 0 Å². The molecule has 2 aliphatic rings. The molecule has 0 aromatic heterocycles. The number of carbonyl (C=O) groups is 1. The van der Waals surface area contributed by atoms with Crippen molar-refractivity contribution in [3.8, 4) is 0 Å². The lowest BCUT2D eigenvalue weighted by molar-refractivity contribution is -0.126. The van der Waals surface area contributed by atoms with Gasteiger partial charge in [0, 0.05) is 25.2 Å². The third kappa shape index (κ3) is 2.12. The monoisotopic (exact) mass is 202 g/mol. The molecule has 3 heteroatoms. The van der Waals surface area contributed by atoms with Gasteiger partial charge in [0.1, 0.15) is 5.78 Å². The third-order valence-corrected chi connectivity index (χ3v) is 3.56. The van der Waals surface area contributed by atoms with Gasteiger partial charge < -0.3 is 0 Å². The second kappa shape index (κ2) is 3.59. The van der Waals surface area contributed by atoms with Crippen molar-refractivity contribution >= 4 is 5.78 Å². The molecule has 0 aromatic rings. The van der Waals surface area contributed by atoms with Crippen molar-refractivity contribution in [3.05, 3.63) is 0 Å². The molecule has 0 aliphatic heterocycles. The highest BCUT2D eigenvalue weighted by molar-refractivity contribution is 5.81. The van der Waals surface area contributed by atoms with E-state index in [1.165, 1.54) is 0 Å². The quantitative estimate of drug-likeness (QED) is 0.687. The van der Waals surface area contributed by atoms with E-state index in [-0.39, 0.29) is 30.5 Å². The van der Waals surface area contributed by atoms with E-state index in [0.29, 0.717) is 12.8 Å². The summed E-state index contributed by atoms with van der Waals surface area (Å²) in [6, 6.07) is 0. The molecule has 1 atom stereocenters. The molecular weight excluding hydrogens is 186 g/mol. The second-order valence-electron chi connectivity index (χ2n) is 4.76. The Labute approximate surface area is 82.9 Å². The average molecular weight is 202 g/mol. The first-order chi connectivity index (χ1) is 6.57. The largest absolute Gasteiger partial charge is 0.299 e. The lowest BCUT2D eigenvalue weighted by Gasteiger charge is -2.24. The first-order valence-electron chi connectivity index (χ1n) is 5.47. The highest BCUT2D eigenvalue weighted by Gasteiger charge is 2.40. The van der Waals surface area contributed by atoms with E-state index in [2.05, 4.69) is 0 Å². The summed E-state index contributed by atoms with van der Waals surface area (Å²) in [6.45, 7) is 0. The Hall–Kier alpha value is -0.470. The number of hydrogen-bond donors (Lipinski definition) is 0. The molecule has 14 heavy (non-hydrogen) atoms. The molecule has 0 saturated heterocycles. The molecule has 0 amide bonds. The molecule has 1 nitrogen and oxygen atoms in total. The van der Waals surface area contributed by atoms with Crippen LogP contribution in [0.4, 0.5) is 8.78 Å². The van der Waals surface area contributed by atoms with Crippen molar-refractivity contribution in [2.24, 2.45) is 11.8 Å². The molecule has 2 saturated carbocycles. The minimum absolute atomic E-state index is 0.0182. The van der Waals surface area contributed by atoms with E-state index in [9.17, 15) is 13.6 Å². The summed E-state index contributed by atoms with van der Waals surface area (Å²) in [7, 11) is 0. The van der Waals surface area contributed by atoms with E-state index in [4.69, 9.17) is 0 Å². The second-order valence-corrected chi connectivity index (χ2v) is 4.76. The molecule has 2 fully saturated rings. The molecule has 0 spiro atoms. The van der Waals surface area contributed by atoms with Crippen molar-refractivity contribution < 1.29 is 13.6 Å². The molecule has 0 aromatic carbocycles. The molecule has 0 radical (unpaired) electrons. The van der Waals surface area contributed by atoms with Gasteiger partial charge in [-0.05, 0) is 25.2 Å². The standard InChI is InChI=1S/C11H16F2O/c12-11(13)5-4-8(7-11)6-10(14)9-2-1-3-9/h8-9H,1-7H2. The summed E-state index contributed by atoms with van der Waals surface area (Å²) in [5.41, 5.74) is 0. The first kappa shape index (κ1) is 10.1. The minimum Gasteiger partial charge on any atom is -0.299 e. The van der Waals surface area contributed by atoms with Gasteiger partial charge in [-0.15, -0.1) is 0 Å². The number of hydrogen-bond acceptors (Lipinski definition) is 1. The summed E-state index contributed by atoms with van der Waals surface area (Å²) >= 11 is 0. The van der Waals surface area contributed by atoms with Crippen LogP contribution in [0.1, 0.15) is 44.9 Å². The molecule has 2 aliphatic carbocycles. The van der Waals surface area contributed by atoms with Gasteiger partial charge >= 0.3 is 0 Å². The highest BCUT2D eigenvalue weighted by atomic mass is 19.3. The maximum Gasteiger partial charge on any atom is 0.248 e. The number of rotatable bonds is 3. The Morgan fingerprint density at radius 1 is 1.29 bits per heavy atom. The van der Waals surface area contributed by atoms with Crippen molar-refractivity contribution in [2.45, 2.75) is 50.9 Å². The Balaban J connectivity index is 1.78. The van der Waals surface area contributed by atoms with Crippen LogP contribution < -0.4 is 0 Å². The maximum atomic E-state index is 12.8. The Bertz CT molecular complexity index is 233. The number of ketones is 1. The topological polar surface area (TPSA) is 17.1 Å². The summed E-state index contributed by atoms with van der Waals surface area (Å²) in [4.78, 5) is 11.5. The molecule has 2 rings (SSSR count). The fraction of sp³-hybridized carbons (Fsp3) is 0.909. The lowest BCUT2D eigenvalue weighted by atomic mass is 9.79. The molecule has 0 bridgehead atoms. The average Bonchev–Trinajstić information content (AvgIpc) is 2.25. The lowest BCUT2D eigenvalue weighted by Crippen LogP contribution is -2.23. The molecular formula is C11H16F2O. The van der Waals surface area contributed by atoms with Crippen LogP contribution in [-0.4, -0.2) is 11.7 Å². The number of carbonyl (C=O) groups excluding carboxylic acids is 1. The van der Waals surface area contributed by atoms with Crippen LogP contribution in [-0.2, 0) is 4.79 Å². The number of alkyl halides is 2. The van der Waals surface area contributed by atoms with E-state index >= 15 is 0 Å². The highest BCUT2D eigenvalue weighted by Crippen LogP contribution is 2.41. The van der Waals surface area contributed by atoms with Crippen molar-refractivity contribution in [1.82, 2.24) is 0 Å². The van der Waals surface area contributed by atoms with Gasteiger partial charge in [-0.3, -0.25) is 4.79 Å². The zero-order valence-electron chi connectivity index (χ0n) is 8.27. The van der Waals surface area contributed by atoms with Crippen molar-refractivity contribution in [3.63, 3.8) is 0 Å². The maximum absolute atomic E-state index is 12.8. The first-order valence-corrected chi connectivity index (χ1v) is 5.47. The van der Waals surface area contributed by atoms with Crippen LogP contribution in [0.25, 0.3) is 0 Å². The van der Waals surface area contributed by atoms with Crippen LogP contribution in [0.2, 0.25) is 0 Å². The van der Waals surface area contributed by atoms with Gasteiger partial charge in [-0.1, -0.05) is 6.42 Å². The smallest absolute Gasteiger partial charge is 0.248 e. The van der Waals surface area contributed by atoms with Crippen molar-refractivity contribution in [1.29, 1.82) is 0 Å². The molecule has 0 N–H and O–H groups in total. The fourth-order valence-corrected chi connectivity index (χ4v) is 2.40. The molecule has 80 valence electrons. The van der Waals surface area contributed by atoms with Crippen LogP contribution in [0.3, 0.4) is 0 Å². The zero-order valence-corrected chi connectivity index (χ0v) is 8.27. The minimum atomic E-state index is -2.50. The van der Waals surface area contributed by atoms with Gasteiger partial charge in [0.15, 0.2) is 0 Å². The predicted molar refractivity (Wildman–Crippen MR) is 49.3 cm³/mol. The van der Waals surface area contributed by atoms with E-state index < -0.39 is 5.92 Å². The fourth-order valence-electron chi connectivity index (χ4n) is 2.40. The van der Waals surface area contributed by atoms with Gasteiger partial charge in [0.25, 0.3) is 0 Å². The third-order valence-electron chi connectivity index (χ3n) is 3.56. The van der Waals surface area contributed by atoms with Crippen molar-refractivity contribution in [2.75, 3.05) is 0 Å². The summed E-state index contributed by atoms with van der Waals surface area (Å²) in [6.07, 6.45) is 3.97. The van der Waals surface area contributed by atoms with E-state index in [0.717, 1.165) is 19.3 Å². The number of halogens is 2. The zero-order chi connectivity index (χ0) is 10.2. The SMILES string of the molecule is O=C(CC1CCC(F)(F)C1)C1CCC1. The normalized spacial score (nSPS) is 31.4. The summed E-state index contributed by atoms with van der Waals surface area (Å²) in [5, 5.41) is 0. The van der Waals surface area contributed by atoms with Crippen LogP contribution in [0.5, 0.6) is 0 Å². The van der Waals surface area contributed by atoms with Gasteiger partial charge in [-0.25, -0.2) is 8.78 Å². The van der Waals surface area contributed by atoms with Gasteiger partial charge in [0.05, 0.1) is 0 Å².